The highest BCUT2D eigenvalue weighted by atomic mass is 32.1. The molecule has 6 nitrogen and oxygen atoms in total. The molecule has 0 spiro atoms. The maximum absolute atomic E-state index is 11.8. The lowest BCUT2D eigenvalue weighted by Gasteiger charge is -2.08. The topological polar surface area (TPSA) is 73.3 Å². The van der Waals surface area contributed by atoms with Gasteiger partial charge in [-0.2, -0.15) is 0 Å². The summed E-state index contributed by atoms with van der Waals surface area (Å²) in [5.74, 6) is 0.208. The van der Waals surface area contributed by atoms with Gasteiger partial charge < -0.3 is 14.8 Å². The van der Waals surface area contributed by atoms with Crippen LogP contribution >= 0.6 is 11.3 Å². The van der Waals surface area contributed by atoms with Crippen LogP contribution in [0.3, 0.4) is 0 Å². The number of aryl methyl sites for hydroxylation is 1. The maximum atomic E-state index is 11.8. The zero-order valence-corrected chi connectivity index (χ0v) is 14.9. The molecular formula is C18H19N3O3S. The Labute approximate surface area is 149 Å². The van der Waals surface area contributed by atoms with E-state index in [-0.39, 0.29) is 12.5 Å². The van der Waals surface area contributed by atoms with E-state index in [1.165, 1.54) is 23.2 Å². The zero-order chi connectivity index (χ0) is 17.6. The average molecular weight is 357 g/mol. The van der Waals surface area contributed by atoms with Crippen molar-refractivity contribution in [2.75, 3.05) is 26.9 Å². The highest BCUT2D eigenvalue weighted by Gasteiger charge is 2.15. The van der Waals surface area contributed by atoms with E-state index in [2.05, 4.69) is 46.5 Å². The largest absolute Gasteiger partial charge is 0.467 e. The Morgan fingerprint density at radius 2 is 2.04 bits per heavy atom. The molecular weight excluding hydrogens is 338 g/mol. The highest BCUT2D eigenvalue weighted by Crippen LogP contribution is 2.37. The van der Waals surface area contributed by atoms with Gasteiger partial charge in [-0.15, -0.1) is 11.3 Å². The van der Waals surface area contributed by atoms with Crippen molar-refractivity contribution in [3.05, 3.63) is 41.5 Å². The molecule has 3 aromatic rings. The minimum atomic E-state index is -0.212. The van der Waals surface area contributed by atoms with Gasteiger partial charge in [-0.1, -0.05) is 29.8 Å². The van der Waals surface area contributed by atoms with Gasteiger partial charge in [-0.05, 0) is 12.5 Å². The van der Waals surface area contributed by atoms with Crippen LogP contribution in [-0.4, -0.2) is 42.7 Å². The second kappa shape index (κ2) is 8.04. The van der Waals surface area contributed by atoms with Crippen molar-refractivity contribution in [3.63, 3.8) is 0 Å². The van der Waals surface area contributed by atoms with Crippen molar-refractivity contribution >= 4 is 27.5 Å². The molecule has 0 atom stereocenters. The third-order valence-electron chi connectivity index (χ3n) is 3.67. The minimum absolute atomic E-state index is 0.0982. The van der Waals surface area contributed by atoms with Crippen LogP contribution in [0.2, 0.25) is 0 Å². The molecule has 0 unspecified atom stereocenters. The van der Waals surface area contributed by atoms with Gasteiger partial charge in [0.1, 0.15) is 11.2 Å². The van der Waals surface area contributed by atoms with Gasteiger partial charge in [0.2, 0.25) is 5.88 Å². The summed E-state index contributed by atoms with van der Waals surface area (Å²) in [5, 5.41) is 5.59. The van der Waals surface area contributed by atoms with Crippen molar-refractivity contribution in [1.29, 1.82) is 0 Å². The second-order valence-corrected chi connectivity index (χ2v) is 6.36. The molecule has 7 heteroatoms. The number of nitrogens with zero attached hydrogens (tertiary/aromatic N) is 2. The van der Waals surface area contributed by atoms with E-state index < -0.39 is 0 Å². The number of hydrogen-bond donors (Lipinski definition) is 1. The number of ether oxygens (including phenoxy) is 2. The molecule has 1 aromatic carbocycles. The number of nitrogens with one attached hydrogen (secondary N) is 1. The Bertz CT molecular complexity index is 862. The lowest BCUT2D eigenvalue weighted by Crippen LogP contribution is -2.31. The normalized spacial score (nSPS) is 10.8. The first-order valence-electron chi connectivity index (χ1n) is 7.86. The Kier molecular flexibility index (Phi) is 5.57. The van der Waals surface area contributed by atoms with E-state index in [0.717, 1.165) is 21.3 Å². The van der Waals surface area contributed by atoms with Crippen LogP contribution in [0.25, 0.3) is 21.3 Å². The van der Waals surface area contributed by atoms with Crippen molar-refractivity contribution < 1.29 is 14.3 Å². The molecule has 0 saturated heterocycles. The smallest absolute Gasteiger partial charge is 0.258 e. The third kappa shape index (κ3) is 4.12. The zero-order valence-electron chi connectivity index (χ0n) is 14.1. The summed E-state index contributed by atoms with van der Waals surface area (Å²) >= 11 is 1.53. The summed E-state index contributed by atoms with van der Waals surface area (Å²) in [6.07, 6.45) is 1.45. The molecule has 130 valence electrons. The third-order valence-corrected chi connectivity index (χ3v) is 4.55. The first-order valence-corrected chi connectivity index (χ1v) is 8.74. The summed E-state index contributed by atoms with van der Waals surface area (Å²) < 4.78 is 10.6. The van der Waals surface area contributed by atoms with Crippen molar-refractivity contribution in [2.24, 2.45) is 0 Å². The SMILES string of the molecule is COCCNC(=O)COc1ncnc2scc(-c3ccc(C)cc3)c12. The van der Waals surface area contributed by atoms with E-state index in [9.17, 15) is 4.79 Å². The summed E-state index contributed by atoms with van der Waals surface area (Å²) in [6, 6.07) is 8.24. The molecule has 2 aromatic heterocycles. The van der Waals surface area contributed by atoms with Crippen LogP contribution < -0.4 is 10.1 Å². The van der Waals surface area contributed by atoms with Crippen LogP contribution in [0.5, 0.6) is 5.88 Å². The molecule has 0 fully saturated rings. The fourth-order valence-corrected chi connectivity index (χ4v) is 3.29. The molecule has 0 saturated carbocycles. The number of amides is 1. The minimum Gasteiger partial charge on any atom is -0.467 e. The van der Waals surface area contributed by atoms with E-state index in [0.29, 0.717) is 19.0 Å². The van der Waals surface area contributed by atoms with Crippen molar-refractivity contribution in [3.8, 4) is 17.0 Å². The van der Waals surface area contributed by atoms with Gasteiger partial charge in [-0.3, -0.25) is 4.79 Å². The van der Waals surface area contributed by atoms with Crippen molar-refractivity contribution in [2.45, 2.75) is 6.92 Å². The van der Waals surface area contributed by atoms with Gasteiger partial charge in [0, 0.05) is 24.6 Å². The number of rotatable bonds is 7. The van der Waals surface area contributed by atoms with Crippen LogP contribution in [0.4, 0.5) is 0 Å². The highest BCUT2D eigenvalue weighted by molar-refractivity contribution is 7.17. The fraction of sp³-hybridized carbons (Fsp3) is 0.278. The molecule has 25 heavy (non-hydrogen) atoms. The molecule has 3 rings (SSSR count). The molecule has 1 N–H and O–H groups in total. The molecule has 0 aliphatic rings. The van der Waals surface area contributed by atoms with E-state index in [1.54, 1.807) is 7.11 Å². The first-order chi connectivity index (χ1) is 12.2. The molecule has 1 amide bonds. The number of aromatic nitrogens is 2. The average Bonchev–Trinajstić information content (AvgIpc) is 3.05. The van der Waals surface area contributed by atoms with Gasteiger partial charge in [0.05, 0.1) is 12.0 Å². The Balaban J connectivity index is 1.82. The second-order valence-electron chi connectivity index (χ2n) is 5.51. The first kappa shape index (κ1) is 17.3. The number of hydrogen-bond acceptors (Lipinski definition) is 6. The lowest BCUT2D eigenvalue weighted by molar-refractivity contribution is -0.123. The Morgan fingerprint density at radius 3 is 2.80 bits per heavy atom. The van der Waals surface area contributed by atoms with E-state index >= 15 is 0 Å². The summed E-state index contributed by atoms with van der Waals surface area (Å²) in [5.41, 5.74) is 3.28. The summed E-state index contributed by atoms with van der Waals surface area (Å²) in [6.45, 7) is 2.87. The summed E-state index contributed by atoms with van der Waals surface area (Å²) in [4.78, 5) is 21.2. The number of thiophene rings is 1. The van der Waals surface area contributed by atoms with Crippen LogP contribution in [0.1, 0.15) is 5.56 Å². The molecule has 0 aliphatic carbocycles. The lowest BCUT2D eigenvalue weighted by atomic mass is 10.0. The number of fused-ring (bicyclic) bond motifs is 1. The molecule has 2 heterocycles. The van der Waals surface area contributed by atoms with Gasteiger partial charge >= 0.3 is 0 Å². The van der Waals surface area contributed by atoms with Crippen LogP contribution in [-0.2, 0) is 9.53 Å². The fourth-order valence-electron chi connectivity index (χ4n) is 2.38. The van der Waals surface area contributed by atoms with Gasteiger partial charge in [0.15, 0.2) is 6.61 Å². The Hall–Kier alpha value is -2.51. The van der Waals surface area contributed by atoms with E-state index in [1.807, 2.05) is 5.38 Å². The van der Waals surface area contributed by atoms with E-state index in [4.69, 9.17) is 9.47 Å². The quantitative estimate of drug-likeness (QED) is 0.658. The number of carbonyl (C=O) groups is 1. The summed E-state index contributed by atoms with van der Waals surface area (Å²) in [7, 11) is 1.59. The number of benzene rings is 1. The van der Waals surface area contributed by atoms with Gasteiger partial charge in [-0.25, -0.2) is 9.97 Å². The molecule has 0 aliphatic heterocycles. The van der Waals surface area contributed by atoms with Crippen LogP contribution in [0, 0.1) is 6.92 Å². The van der Waals surface area contributed by atoms with Crippen LogP contribution in [0.15, 0.2) is 36.0 Å². The monoisotopic (exact) mass is 357 g/mol. The van der Waals surface area contributed by atoms with Gasteiger partial charge in [0.25, 0.3) is 5.91 Å². The standard InChI is InChI=1S/C18H19N3O3S/c1-12-3-5-13(6-4-12)14-10-25-18-16(14)17(20-11-21-18)24-9-15(22)19-7-8-23-2/h3-6,10-11H,7-9H2,1-2H3,(H,19,22). The maximum Gasteiger partial charge on any atom is 0.258 e. The number of methoxy groups -OCH3 is 1. The van der Waals surface area contributed by atoms with Crippen molar-refractivity contribution in [1.82, 2.24) is 15.3 Å². The molecule has 0 radical (unpaired) electrons. The predicted octanol–water partition coefficient (Wildman–Crippen LogP) is 2.81. The predicted molar refractivity (Wildman–Crippen MR) is 98.0 cm³/mol. The Morgan fingerprint density at radius 1 is 1.24 bits per heavy atom. The number of carbonyl (C=O) groups excluding carboxylic acids is 1. The molecule has 0 bridgehead atoms.